The molecule has 1 saturated carbocycles. The summed E-state index contributed by atoms with van der Waals surface area (Å²) in [5.41, 5.74) is 3.06. The van der Waals surface area contributed by atoms with Crippen LogP contribution in [-0.2, 0) is 27.8 Å². The number of aliphatic hydroxyl groups excluding tert-OH is 1. The van der Waals surface area contributed by atoms with Crippen molar-refractivity contribution in [2.75, 3.05) is 33.7 Å². The van der Waals surface area contributed by atoms with Crippen LogP contribution in [0.3, 0.4) is 0 Å². The minimum Gasteiger partial charge on any atom is -0.497 e. The van der Waals surface area contributed by atoms with E-state index in [0.29, 0.717) is 11.8 Å². The number of ether oxygens (including phenoxy) is 3. The molecule has 2 aliphatic carbocycles. The molecule has 2 aliphatic rings. The van der Waals surface area contributed by atoms with E-state index >= 15 is 0 Å². The SMILES string of the molecule is COc1ccc(CN(Cc2ccc(OC)cc2)S(=O)(=O)C[C@@H](C)C2C=C([C@H](OC)[C@@H]3CC[C@H]3CO)C2)cc1. The molecule has 38 heavy (non-hydrogen) atoms. The number of rotatable bonds is 14. The maximum Gasteiger partial charge on any atom is 0.214 e. The molecule has 2 aromatic rings. The molecule has 0 amide bonds. The van der Waals surface area contributed by atoms with Gasteiger partial charge in [-0.15, -0.1) is 0 Å². The molecule has 2 aromatic carbocycles. The van der Waals surface area contributed by atoms with E-state index in [-0.39, 0.29) is 43.4 Å². The number of sulfonamides is 1. The molecular formula is C30H41NO6S. The minimum atomic E-state index is -3.56. The molecule has 1 fully saturated rings. The second kappa shape index (κ2) is 12.6. The molecule has 1 unspecified atom stereocenters. The normalized spacial score (nSPS) is 22.7. The highest BCUT2D eigenvalue weighted by atomic mass is 32.2. The lowest BCUT2D eigenvalue weighted by atomic mass is 9.65. The lowest BCUT2D eigenvalue weighted by Gasteiger charge is -2.44. The summed E-state index contributed by atoms with van der Waals surface area (Å²) in [7, 11) is 1.40. The first-order chi connectivity index (χ1) is 18.3. The van der Waals surface area contributed by atoms with E-state index in [0.717, 1.165) is 41.9 Å². The van der Waals surface area contributed by atoms with Crippen LogP contribution >= 0.6 is 0 Å². The molecule has 0 bridgehead atoms. The molecule has 0 aromatic heterocycles. The van der Waals surface area contributed by atoms with Crippen LogP contribution in [-0.4, -0.2) is 57.6 Å². The van der Waals surface area contributed by atoms with Crippen LogP contribution in [0.25, 0.3) is 0 Å². The van der Waals surface area contributed by atoms with Crippen molar-refractivity contribution in [1.82, 2.24) is 4.31 Å². The Kier molecular flexibility index (Phi) is 9.52. The Balaban J connectivity index is 1.46. The summed E-state index contributed by atoms with van der Waals surface area (Å²) in [6.07, 6.45) is 5.20. The summed E-state index contributed by atoms with van der Waals surface area (Å²) in [5, 5.41) is 9.60. The van der Waals surface area contributed by atoms with Gasteiger partial charge in [-0.05, 0) is 83.9 Å². The van der Waals surface area contributed by atoms with E-state index in [9.17, 15) is 13.5 Å². The van der Waals surface area contributed by atoms with Gasteiger partial charge in [0.2, 0.25) is 10.0 Å². The van der Waals surface area contributed by atoms with Gasteiger partial charge in [0.25, 0.3) is 0 Å². The molecule has 0 saturated heterocycles. The van der Waals surface area contributed by atoms with Crippen molar-refractivity contribution in [2.24, 2.45) is 23.7 Å². The van der Waals surface area contributed by atoms with Gasteiger partial charge in [0.1, 0.15) is 11.5 Å². The van der Waals surface area contributed by atoms with Gasteiger partial charge in [0.15, 0.2) is 0 Å². The Morgan fingerprint density at radius 2 is 1.45 bits per heavy atom. The third-order valence-electron chi connectivity index (χ3n) is 8.25. The van der Waals surface area contributed by atoms with Gasteiger partial charge in [0, 0.05) is 26.8 Å². The zero-order valence-corrected chi connectivity index (χ0v) is 23.7. The summed E-state index contributed by atoms with van der Waals surface area (Å²) in [6, 6.07) is 15.0. The van der Waals surface area contributed by atoms with Gasteiger partial charge in [-0.1, -0.05) is 37.3 Å². The Labute approximate surface area is 227 Å². The lowest BCUT2D eigenvalue weighted by molar-refractivity contribution is -0.0225. The van der Waals surface area contributed by atoms with Crippen LogP contribution in [0.15, 0.2) is 60.2 Å². The quantitative estimate of drug-likeness (QED) is 0.349. The van der Waals surface area contributed by atoms with Crippen LogP contribution in [0.4, 0.5) is 0 Å². The highest BCUT2D eigenvalue weighted by Gasteiger charge is 2.42. The summed E-state index contributed by atoms with van der Waals surface area (Å²) in [4.78, 5) is 0. The van der Waals surface area contributed by atoms with Crippen molar-refractivity contribution in [2.45, 2.75) is 45.4 Å². The topological polar surface area (TPSA) is 85.3 Å². The fourth-order valence-electron chi connectivity index (χ4n) is 5.59. The maximum atomic E-state index is 13.8. The predicted molar refractivity (Wildman–Crippen MR) is 148 cm³/mol. The molecule has 0 aliphatic heterocycles. The molecule has 8 heteroatoms. The standard InChI is InChI=1S/C30H41NO6S/c1-21(25-15-26(16-25)30(37-4)29-14-9-24(29)19-32)20-38(33,34)31(17-22-5-10-27(35-2)11-6-22)18-23-7-12-28(36-3)13-8-23/h5-8,10-13,15,21,24-25,29-30,32H,9,14,16-20H2,1-4H3/t21-,24+,25?,29-,30+/m1/s1. The molecule has 7 nitrogen and oxygen atoms in total. The van der Waals surface area contributed by atoms with E-state index in [1.807, 2.05) is 55.5 Å². The first-order valence-electron chi connectivity index (χ1n) is 13.4. The van der Waals surface area contributed by atoms with Gasteiger partial charge in [-0.25, -0.2) is 8.42 Å². The van der Waals surface area contributed by atoms with Gasteiger partial charge in [0.05, 0.1) is 26.1 Å². The van der Waals surface area contributed by atoms with Gasteiger partial charge in [-0.2, -0.15) is 4.31 Å². The summed E-state index contributed by atoms with van der Waals surface area (Å²) in [5.74, 6) is 2.40. The van der Waals surface area contributed by atoms with Crippen molar-refractivity contribution in [3.8, 4) is 11.5 Å². The van der Waals surface area contributed by atoms with Crippen LogP contribution in [0.5, 0.6) is 11.5 Å². The van der Waals surface area contributed by atoms with Crippen LogP contribution in [0.1, 0.15) is 37.3 Å². The maximum absolute atomic E-state index is 13.8. The summed E-state index contributed by atoms with van der Waals surface area (Å²) < 4.78 is 45.4. The number of methoxy groups -OCH3 is 3. The second-order valence-corrected chi connectivity index (χ2v) is 12.7. The Bertz CT molecular complexity index is 1130. The number of benzene rings is 2. The van der Waals surface area contributed by atoms with Gasteiger partial charge >= 0.3 is 0 Å². The first kappa shape index (κ1) is 28.6. The van der Waals surface area contributed by atoms with Gasteiger partial charge in [-0.3, -0.25) is 0 Å². The van der Waals surface area contributed by atoms with Crippen molar-refractivity contribution >= 4 is 10.0 Å². The third-order valence-corrected chi connectivity index (χ3v) is 10.2. The smallest absolute Gasteiger partial charge is 0.214 e. The Morgan fingerprint density at radius 3 is 1.84 bits per heavy atom. The third kappa shape index (κ3) is 6.60. The molecule has 4 rings (SSSR count). The summed E-state index contributed by atoms with van der Waals surface area (Å²) in [6.45, 7) is 2.80. The minimum absolute atomic E-state index is 0.0227. The zero-order valence-electron chi connectivity index (χ0n) is 22.9. The van der Waals surface area contributed by atoms with Gasteiger partial charge < -0.3 is 19.3 Å². The zero-order chi connectivity index (χ0) is 27.3. The molecule has 1 N–H and O–H groups in total. The molecule has 208 valence electrons. The van der Waals surface area contributed by atoms with E-state index in [2.05, 4.69) is 6.08 Å². The number of hydrogen-bond acceptors (Lipinski definition) is 6. The van der Waals surface area contributed by atoms with Crippen molar-refractivity contribution in [1.29, 1.82) is 0 Å². The van der Waals surface area contributed by atoms with Crippen molar-refractivity contribution in [3.05, 3.63) is 71.3 Å². The fourth-order valence-corrected chi connectivity index (χ4v) is 7.41. The van der Waals surface area contributed by atoms with Crippen LogP contribution < -0.4 is 9.47 Å². The molecule has 5 atom stereocenters. The molecule has 0 radical (unpaired) electrons. The van der Waals surface area contributed by atoms with E-state index < -0.39 is 10.0 Å². The van der Waals surface area contributed by atoms with Crippen molar-refractivity contribution in [3.63, 3.8) is 0 Å². The van der Waals surface area contributed by atoms with E-state index in [1.54, 1.807) is 25.6 Å². The van der Waals surface area contributed by atoms with E-state index in [1.165, 1.54) is 5.57 Å². The number of aliphatic hydroxyl groups is 1. The van der Waals surface area contributed by atoms with E-state index in [4.69, 9.17) is 14.2 Å². The first-order valence-corrected chi connectivity index (χ1v) is 15.0. The molecular weight excluding hydrogens is 502 g/mol. The largest absolute Gasteiger partial charge is 0.497 e. The fraction of sp³-hybridized carbons (Fsp3) is 0.533. The molecule has 0 heterocycles. The van der Waals surface area contributed by atoms with Crippen molar-refractivity contribution < 1.29 is 27.7 Å². The summed E-state index contributed by atoms with van der Waals surface area (Å²) >= 11 is 0. The monoisotopic (exact) mass is 543 g/mol. The average Bonchev–Trinajstić information content (AvgIpc) is 2.87. The van der Waals surface area contributed by atoms with Crippen LogP contribution in [0, 0.1) is 23.7 Å². The Morgan fingerprint density at radius 1 is 0.921 bits per heavy atom. The molecule has 0 spiro atoms. The Hall–Kier alpha value is -2.39. The second-order valence-electron chi connectivity index (χ2n) is 10.7. The number of allylic oxidation sites excluding steroid dienone is 1. The van der Waals surface area contributed by atoms with Crippen LogP contribution in [0.2, 0.25) is 0 Å². The number of hydrogen-bond donors (Lipinski definition) is 1. The lowest BCUT2D eigenvalue weighted by Crippen LogP contribution is -2.43. The predicted octanol–water partition coefficient (Wildman–Crippen LogP) is 4.65. The number of nitrogens with zero attached hydrogens (tertiary/aromatic N) is 1. The highest BCUT2D eigenvalue weighted by Crippen LogP contribution is 2.45. The highest BCUT2D eigenvalue weighted by molar-refractivity contribution is 7.89. The average molecular weight is 544 g/mol.